The summed E-state index contributed by atoms with van der Waals surface area (Å²) >= 11 is 0. The number of nitrogens with one attached hydrogen (secondary N) is 2. The van der Waals surface area contributed by atoms with Gasteiger partial charge in [0, 0.05) is 6.54 Å². The largest absolute Gasteiger partial charge is 0.350 e. The number of rotatable bonds is 6. The Labute approximate surface area is 126 Å². The number of nitrogen functional groups attached to an aromatic ring is 1. The molecule has 1 aliphatic carbocycles. The summed E-state index contributed by atoms with van der Waals surface area (Å²) in [5, 5.41) is 3.07. The molecule has 116 valence electrons. The second-order valence-electron chi connectivity index (χ2n) is 6.54. The van der Waals surface area contributed by atoms with E-state index in [0.717, 1.165) is 6.54 Å². The van der Waals surface area contributed by atoms with Crippen molar-refractivity contribution >= 4 is 11.7 Å². The summed E-state index contributed by atoms with van der Waals surface area (Å²) < 4.78 is 0. The van der Waals surface area contributed by atoms with Gasteiger partial charge in [-0.3, -0.25) is 4.79 Å². The Morgan fingerprint density at radius 3 is 2.71 bits per heavy atom. The van der Waals surface area contributed by atoms with Gasteiger partial charge in [-0.2, -0.15) is 0 Å². The smallest absolute Gasteiger partial charge is 0.269 e. The molecule has 1 amide bonds. The first-order chi connectivity index (χ1) is 10.0. The van der Waals surface area contributed by atoms with Crippen molar-refractivity contribution in [1.82, 2.24) is 10.3 Å². The van der Waals surface area contributed by atoms with E-state index in [4.69, 9.17) is 5.84 Å². The number of carbonyl (C=O) groups excluding carboxylic acids is 1. The van der Waals surface area contributed by atoms with E-state index < -0.39 is 0 Å². The fourth-order valence-electron chi connectivity index (χ4n) is 3.44. The standard InChI is InChI=1S/C16H26N4O/c1-12(2)10-16(8-3-4-9-16)11-18-15(21)13-6-5-7-14(19-13)20-17/h5-7,12H,3-4,8-11,17H2,1-2H3,(H,18,21)(H,19,20). The van der Waals surface area contributed by atoms with Crippen LogP contribution in [0.1, 0.15) is 56.4 Å². The number of hydrogen-bond donors (Lipinski definition) is 3. The minimum atomic E-state index is -0.123. The third-order valence-corrected chi connectivity index (χ3v) is 4.26. The minimum absolute atomic E-state index is 0.123. The highest BCUT2D eigenvalue weighted by Crippen LogP contribution is 2.42. The molecule has 2 rings (SSSR count). The molecule has 1 aromatic heterocycles. The maximum atomic E-state index is 12.3. The Morgan fingerprint density at radius 2 is 2.10 bits per heavy atom. The SMILES string of the molecule is CC(C)CC1(CNC(=O)c2cccc(NN)n2)CCCC1. The van der Waals surface area contributed by atoms with Crippen LogP contribution in [0, 0.1) is 11.3 Å². The van der Waals surface area contributed by atoms with Crippen molar-refractivity contribution < 1.29 is 4.79 Å². The first kappa shape index (κ1) is 15.8. The summed E-state index contributed by atoms with van der Waals surface area (Å²) in [6.07, 6.45) is 6.14. The molecule has 0 atom stereocenters. The van der Waals surface area contributed by atoms with E-state index in [1.54, 1.807) is 18.2 Å². The molecule has 0 aliphatic heterocycles. The van der Waals surface area contributed by atoms with E-state index in [1.807, 2.05) is 0 Å². The fraction of sp³-hybridized carbons (Fsp3) is 0.625. The molecule has 1 saturated carbocycles. The van der Waals surface area contributed by atoms with Gasteiger partial charge >= 0.3 is 0 Å². The maximum absolute atomic E-state index is 12.3. The molecule has 1 fully saturated rings. The number of hydrazine groups is 1. The van der Waals surface area contributed by atoms with E-state index >= 15 is 0 Å². The molecule has 1 heterocycles. The lowest BCUT2D eigenvalue weighted by Crippen LogP contribution is -2.37. The third-order valence-electron chi connectivity index (χ3n) is 4.26. The normalized spacial score (nSPS) is 17.0. The van der Waals surface area contributed by atoms with Gasteiger partial charge in [-0.25, -0.2) is 10.8 Å². The molecule has 5 nitrogen and oxygen atoms in total. The van der Waals surface area contributed by atoms with Crippen LogP contribution in [-0.4, -0.2) is 17.4 Å². The highest BCUT2D eigenvalue weighted by molar-refractivity contribution is 5.92. The van der Waals surface area contributed by atoms with Gasteiger partial charge < -0.3 is 10.7 Å². The summed E-state index contributed by atoms with van der Waals surface area (Å²) in [7, 11) is 0. The van der Waals surface area contributed by atoms with Gasteiger partial charge in [0.1, 0.15) is 11.5 Å². The van der Waals surface area contributed by atoms with Crippen LogP contribution in [0.4, 0.5) is 5.82 Å². The van der Waals surface area contributed by atoms with Crippen molar-refractivity contribution in [3.05, 3.63) is 23.9 Å². The molecule has 0 saturated heterocycles. The zero-order chi connectivity index (χ0) is 15.3. The molecule has 1 aromatic rings. The number of nitrogens with two attached hydrogens (primary N) is 1. The quantitative estimate of drug-likeness (QED) is 0.556. The number of aromatic nitrogens is 1. The van der Waals surface area contributed by atoms with Gasteiger partial charge in [0.15, 0.2) is 0 Å². The highest BCUT2D eigenvalue weighted by atomic mass is 16.1. The van der Waals surface area contributed by atoms with Crippen molar-refractivity contribution in [2.24, 2.45) is 17.2 Å². The average molecular weight is 290 g/mol. The van der Waals surface area contributed by atoms with Crippen LogP contribution in [0.15, 0.2) is 18.2 Å². The van der Waals surface area contributed by atoms with Crippen LogP contribution in [0.3, 0.4) is 0 Å². The van der Waals surface area contributed by atoms with Gasteiger partial charge in [0.2, 0.25) is 0 Å². The second kappa shape index (κ2) is 6.89. The van der Waals surface area contributed by atoms with E-state index in [1.165, 1.54) is 32.1 Å². The van der Waals surface area contributed by atoms with Crippen molar-refractivity contribution in [2.45, 2.75) is 46.0 Å². The minimum Gasteiger partial charge on any atom is -0.350 e. The summed E-state index contributed by atoms with van der Waals surface area (Å²) in [6.45, 7) is 5.24. The van der Waals surface area contributed by atoms with E-state index in [-0.39, 0.29) is 11.3 Å². The average Bonchev–Trinajstić information content (AvgIpc) is 2.93. The first-order valence-corrected chi connectivity index (χ1v) is 7.76. The number of anilines is 1. The van der Waals surface area contributed by atoms with E-state index in [0.29, 0.717) is 17.4 Å². The molecule has 0 unspecified atom stereocenters. The van der Waals surface area contributed by atoms with E-state index in [9.17, 15) is 4.79 Å². The fourth-order valence-corrected chi connectivity index (χ4v) is 3.44. The summed E-state index contributed by atoms with van der Waals surface area (Å²) in [5.41, 5.74) is 3.14. The lowest BCUT2D eigenvalue weighted by molar-refractivity contribution is 0.0917. The summed E-state index contributed by atoms with van der Waals surface area (Å²) in [5.74, 6) is 6.36. The lowest BCUT2D eigenvalue weighted by Gasteiger charge is -2.31. The first-order valence-electron chi connectivity index (χ1n) is 7.76. The van der Waals surface area contributed by atoms with Crippen molar-refractivity contribution in [3.63, 3.8) is 0 Å². The van der Waals surface area contributed by atoms with Crippen LogP contribution in [0.25, 0.3) is 0 Å². The Kier molecular flexibility index (Phi) is 5.17. The molecule has 0 spiro atoms. The third kappa shape index (κ3) is 4.17. The molecule has 0 radical (unpaired) electrons. The number of carbonyl (C=O) groups is 1. The monoisotopic (exact) mass is 290 g/mol. The lowest BCUT2D eigenvalue weighted by atomic mass is 9.78. The molecular formula is C16H26N4O. The number of amides is 1. The van der Waals surface area contributed by atoms with Gasteiger partial charge in [0.25, 0.3) is 5.91 Å². The molecule has 1 aliphatic rings. The Balaban J connectivity index is 1.98. The maximum Gasteiger partial charge on any atom is 0.269 e. The number of nitrogens with zero attached hydrogens (tertiary/aromatic N) is 1. The molecular weight excluding hydrogens is 264 g/mol. The van der Waals surface area contributed by atoms with Crippen LogP contribution in [0.2, 0.25) is 0 Å². The Hall–Kier alpha value is -1.62. The predicted molar refractivity (Wildman–Crippen MR) is 84.7 cm³/mol. The van der Waals surface area contributed by atoms with Gasteiger partial charge in [-0.05, 0) is 42.7 Å². The van der Waals surface area contributed by atoms with Crippen LogP contribution in [-0.2, 0) is 0 Å². The molecule has 0 aromatic carbocycles. The zero-order valence-electron chi connectivity index (χ0n) is 13.0. The van der Waals surface area contributed by atoms with Gasteiger partial charge in [0.05, 0.1) is 0 Å². The molecule has 4 N–H and O–H groups in total. The van der Waals surface area contributed by atoms with Gasteiger partial charge in [-0.15, -0.1) is 0 Å². The molecule has 21 heavy (non-hydrogen) atoms. The predicted octanol–water partition coefficient (Wildman–Crippen LogP) is 2.70. The zero-order valence-corrected chi connectivity index (χ0v) is 13.0. The van der Waals surface area contributed by atoms with Crippen molar-refractivity contribution in [3.8, 4) is 0 Å². The van der Waals surface area contributed by atoms with Crippen LogP contribution >= 0.6 is 0 Å². The number of pyridine rings is 1. The topological polar surface area (TPSA) is 80.0 Å². The number of hydrogen-bond acceptors (Lipinski definition) is 4. The highest BCUT2D eigenvalue weighted by Gasteiger charge is 2.34. The van der Waals surface area contributed by atoms with Crippen molar-refractivity contribution in [1.29, 1.82) is 0 Å². The Morgan fingerprint density at radius 1 is 1.38 bits per heavy atom. The van der Waals surface area contributed by atoms with E-state index in [2.05, 4.69) is 29.6 Å². The molecule has 0 bridgehead atoms. The molecule has 5 heteroatoms. The second-order valence-corrected chi connectivity index (χ2v) is 6.54. The van der Waals surface area contributed by atoms with Crippen LogP contribution in [0.5, 0.6) is 0 Å². The Bertz CT molecular complexity index is 481. The summed E-state index contributed by atoms with van der Waals surface area (Å²) in [6, 6.07) is 5.21. The van der Waals surface area contributed by atoms with Gasteiger partial charge in [-0.1, -0.05) is 32.8 Å². The van der Waals surface area contributed by atoms with Crippen molar-refractivity contribution in [2.75, 3.05) is 12.0 Å². The summed E-state index contributed by atoms with van der Waals surface area (Å²) in [4.78, 5) is 16.4. The van der Waals surface area contributed by atoms with Crippen LogP contribution < -0.4 is 16.6 Å².